The zero-order valence-electron chi connectivity index (χ0n) is 8.77. The minimum atomic E-state index is 0. The van der Waals surface area contributed by atoms with Gasteiger partial charge >= 0.3 is 0 Å². The van der Waals surface area contributed by atoms with E-state index in [0.29, 0.717) is 0 Å². The zero-order chi connectivity index (χ0) is 9.97. The van der Waals surface area contributed by atoms with E-state index in [0.717, 1.165) is 22.2 Å². The molecular formula is C12H13ClN2. The van der Waals surface area contributed by atoms with Crippen molar-refractivity contribution in [1.82, 2.24) is 4.98 Å². The minimum Gasteiger partial charge on any atom is -0.296 e. The van der Waals surface area contributed by atoms with Crippen molar-refractivity contribution >= 4 is 29.5 Å². The summed E-state index contributed by atoms with van der Waals surface area (Å²) in [6.45, 7) is 2.00. The SMILES string of the molecule is CN=Cc1cc2ccccc2nc1C.Cl. The van der Waals surface area contributed by atoms with Crippen molar-refractivity contribution in [2.75, 3.05) is 7.05 Å². The highest BCUT2D eigenvalue weighted by molar-refractivity contribution is 5.89. The van der Waals surface area contributed by atoms with E-state index in [-0.39, 0.29) is 12.4 Å². The molecule has 0 saturated heterocycles. The molecule has 1 aromatic carbocycles. The monoisotopic (exact) mass is 220 g/mol. The van der Waals surface area contributed by atoms with Crippen molar-refractivity contribution in [3.05, 3.63) is 41.6 Å². The largest absolute Gasteiger partial charge is 0.296 e. The van der Waals surface area contributed by atoms with Gasteiger partial charge in [-0.3, -0.25) is 9.98 Å². The summed E-state index contributed by atoms with van der Waals surface area (Å²) in [5, 5.41) is 1.16. The van der Waals surface area contributed by atoms with Crippen LogP contribution in [0.3, 0.4) is 0 Å². The first-order valence-electron chi connectivity index (χ1n) is 4.60. The lowest BCUT2D eigenvalue weighted by molar-refractivity contribution is 1.24. The van der Waals surface area contributed by atoms with Gasteiger partial charge in [0.15, 0.2) is 0 Å². The van der Waals surface area contributed by atoms with Crippen LogP contribution in [-0.4, -0.2) is 18.2 Å². The molecule has 2 aromatic rings. The van der Waals surface area contributed by atoms with E-state index >= 15 is 0 Å². The maximum absolute atomic E-state index is 4.50. The molecule has 3 heteroatoms. The van der Waals surface area contributed by atoms with Gasteiger partial charge in [-0.2, -0.15) is 0 Å². The second kappa shape index (κ2) is 4.89. The van der Waals surface area contributed by atoms with E-state index in [4.69, 9.17) is 0 Å². The summed E-state index contributed by atoms with van der Waals surface area (Å²) < 4.78 is 0. The maximum Gasteiger partial charge on any atom is 0.0705 e. The Hall–Kier alpha value is -1.41. The molecule has 0 spiro atoms. The van der Waals surface area contributed by atoms with Crippen molar-refractivity contribution in [2.24, 2.45) is 4.99 Å². The number of aryl methyl sites for hydroxylation is 1. The molecule has 0 atom stereocenters. The fourth-order valence-electron chi connectivity index (χ4n) is 1.50. The van der Waals surface area contributed by atoms with Crippen LogP contribution in [0, 0.1) is 6.92 Å². The van der Waals surface area contributed by atoms with Crippen LogP contribution in [0.25, 0.3) is 10.9 Å². The summed E-state index contributed by atoms with van der Waals surface area (Å²) >= 11 is 0. The Balaban J connectivity index is 0.00000112. The number of aliphatic imine (C=N–C) groups is 1. The van der Waals surface area contributed by atoms with Gasteiger partial charge in [0.1, 0.15) is 0 Å². The summed E-state index contributed by atoms with van der Waals surface area (Å²) in [7, 11) is 1.77. The highest BCUT2D eigenvalue weighted by Gasteiger charge is 1.99. The van der Waals surface area contributed by atoms with Crippen LogP contribution in [0.15, 0.2) is 35.3 Å². The Labute approximate surface area is 95.5 Å². The van der Waals surface area contributed by atoms with Gasteiger partial charge < -0.3 is 0 Å². The number of pyridine rings is 1. The number of fused-ring (bicyclic) bond motifs is 1. The number of aromatic nitrogens is 1. The van der Waals surface area contributed by atoms with Gasteiger partial charge in [-0.1, -0.05) is 18.2 Å². The Morgan fingerprint density at radius 1 is 1.27 bits per heavy atom. The first-order chi connectivity index (χ1) is 6.81. The quantitative estimate of drug-likeness (QED) is 0.679. The number of rotatable bonds is 1. The van der Waals surface area contributed by atoms with E-state index in [1.165, 1.54) is 0 Å². The molecule has 0 radical (unpaired) electrons. The second-order valence-corrected chi connectivity index (χ2v) is 3.24. The predicted octanol–water partition coefficient (Wildman–Crippen LogP) is 3.01. The molecule has 15 heavy (non-hydrogen) atoms. The van der Waals surface area contributed by atoms with Crippen molar-refractivity contribution in [3.8, 4) is 0 Å². The van der Waals surface area contributed by atoms with Gasteiger partial charge in [0, 0.05) is 29.9 Å². The molecule has 1 aromatic heterocycles. The summed E-state index contributed by atoms with van der Waals surface area (Å²) in [5.41, 5.74) is 3.15. The van der Waals surface area contributed by atoms with Crippen LogP contribution in [0.1, 0.15) is 11.3 Å². The van der Waals surface area contributed by atoms with Crippen molar-refractivity contribution in [2.45, 2.75) is 6.92 Å². The van der Waals surface area contributed by atoms with Gasteiger partial charge in [0.25, 0.3) is 0 Å². The molecule has 2 rings (SSSR count). The molecule has 0 aliphatic rings. The average Bonchev–Trinajstić information content (AvgIpc) is 2.19. The number of hydrogen-bond acceptors (Lipinski definition) is 2. The third-order valence-corrected chi connectivity index (χ3v) is 2.22. The smallest absolute Gasteiger partial charge is 0.0705 e. The number of halogens is 1. The lowest BCUT2D eigenvalue weighted by Crippen LogP contribution is -1.92. The number of para-hydroxylation sites is 1. The lowest BCUT2D eigenvalue weighted by atomic mass is 10.1. The van der Waals surface area contributed by atoms with Crippen LogP contribution < -0.4 is 0 Å². The summed E-state index contributed by atoms with van der Waals surface area (Å²) in [5.74, 6) is 0. The van der Waals surface area contributed by atoms with E-state index in [1.54, 1.807) is 7.05 Å². The molecule has 0 bridgehead atoms. The fraction of sp³-hybridized carbons (Fsp3) is 0.167. The van der Waals surface area contributed by atoms with E-state index in [9.17, 15) is 0 Å². The van der Waals surface area contributed by atoms with E-state index in [2.05, 4.69) is 22.1 Å². The van der Waals surface area contributed by atoms with E-state index in [1.807, 2.05) is 31.3 Å². The van der Waals surface area contributed by atoms with Crippen molar-refractivity contribution in [3.63, 3.8) is 0 Å². The van der Waals surface area contributed by atoms with Gasteiger partial charge in [-0.25, -0.2) is 0 Å². The average molecular weight is 221 g/mol. The van der Waals surface area contributed by atoms with E-state index < -0.39 is 0 Å². The Bertz CT molecular complexity index is 492. The van der Waals surface area contributed by atoms with Crippen LogP contribution >= 0.6 is 12.4 Å². The molecule has 2 nitrogen and oxygen atoms in total. The Morgan fingerprint density at radius 2 is 2.00 bits per heavy atom. The standard InChI is InChI=1S/C12H12N2.ClH/c1-9-11(8-13-2)7-10-5-3-4-6-12(10)14-9;/h3-8H,1-2H3;1H. The lowest BCUT2D eigenvalue weighted by Gasteiger charge is -2.02. The first kappa shape index (κ1) is 11.7. The summed E-state index contributed by atoms with van der Waals surface area (Å²) in [6, 6.07) is 10.2. The molecular weight excluding hydrogens is 208 g/mol. The van der Waals surface area contributed by atoms with Crippen molar-refractivity contribution in [1.29, 1.82) is 0 Å². The van der Waals surface area contributed by atoms with Gasteiger partial charge in [0.05, 0.1) is 5.52 Å². The maximum atomic E-state index is 4.50. The van der Waals surface area contributed by atoms with Crippen LogP contribution in [0.2, 0.25) is 0 Å². The number of benzene rings is 1. The zero-order valence-corrected chi connectivity index (χ0v) is 9.58. The van der Waals surface area contributed by atoms with Gasteiger partial charge in [-0.15, -0.1) is 12.4 Å². The van der Waals surface area contributed by atoms with Crippen LogP contribution in [0.4, 0.5) is 0 Å². The second-order valence-electron chi connectivity index (χ2n) is 3.24. The first-order valence-corrected chi connectivity index (χ1v) is 4.60. The Morgan fingerprint density at radius 3 is 2.73 bits per heavy atom. The number of hydrogen-bond donors (Lipinski definition) is 0. The Kier molecular flexibility index (Phi) is 3.81. The molecule has 78 valence electrons. The highest BCUT2D eigenvalue weighted by atomic mass is 35.5. The van der Waals surface area contributed by atoms with Gasteiger partial charge in [0.2, 0.25) is 0 Å². The molecule has 1 heterocycles. The topological polar surface area (TPSA) is 25.2 Å². The molecule has 0 aliphatic heterocycles. The van der Waals surface area contributed by atoms with Gasteiger partial charge in [-0.05, 0) is 19.1 Å². The highest BCUT2D eigenvalue weighted by Crippen LogP contribution is 2.14. The molecule has 0 amide bonds. The summed E-state index contributed by atoms with van der Waals surface area (Å²) in [4.78, 5) is 8.51. The van der Waals surface area contributed by atoms with Crippen molar-refractivity contribution < 1.29 is 0 Å². The van der Waals surface area contributed by atoms with Crippen LogP contribution in [0.5, 0.6) is 0 Å². The fourth-order valence-corrected chi connectivity index (χ4v) is 1.50. The number of nitrogens with zero attached hydrogens (tertiary/aromatic N) is 2. The normalized spacial score (nSPS) is 10.5. The molecule has 0 unspecified atom stereocenters. The minimum absolute atomic E-state index is 0. The summed E-state index contributed by atoms with van der Waals surface area (Å²) in [6.07, 6.45) is 1.84. The predicted molar refractivity (Wildman–Crippen MR) is 67.2 cm³/mol. The van der Waals surface area contributed by atoms with Crippen LogP contribution in [-0.2, 0) is 0 Å². The third-order valence-electron chi connectivity index (χ3n) is 2.22. The molecule has 0 fully saturated rings. The molecule has 0 saturated carbocycles. The third kappa shape index (κ3) is 2.34. The molecule has 0 aliphatic carbocycles. The molecule has 0 N–H and O–H groups in total.